The molecule has 0 saturated heterocycles. The van der Waals surface area contributed by atoms with Crippen LogP contribution in [0.3, 0.4) is 0 Å². The van der Waals surface area contributed by atoms with Crippen LogP contribution < -0.4 is 5.32 Å². The number of carbonyl (C=O) groups is 1. The van der Waals surface area contributed by atoms with Gasteiger partial charge in [-0.05, 0) is 47.8 Å². The molecule has 0 radical (unpaired) electrons. The highest BCUT2D eigenvalue weighted by Crippen LogP contribution is 3.17. The van der Waals surface area contributed by atoms with E-state index in [1.165, 1.54) is 6.42 Å². The van der Waals surface area contributed by atoms with Gasteiger partial charge >= 0.3 is 6.09 Å². The predicted molar refractivity (Wildman–Crippen MR) is 99.3 cm³/mol. The quantitative estimate of drug-likeness (QED) is 0.738. The molecule has 8 atom stereocenters. The van der Waals surface area contributed by atoms with Gasteiger partial charge in [-0.3, -0.25) is 0 Å². The minimum atomic E-state index is -1.01. The van der Waals surface area contributed by atoms with E-state index in [1.807, 2.05) is 0 Å². The van der Waals surface area contributed by atoms with Gasteiger partial charge in [0, 0.05) is 17.3 Å². The third kappa shape index (κ3) is 1.27. The summed E-state index contributed by atoms with van der Waals surface area (Å²) >= 11 is 0. The van der Waals surface area contributed by atoms with Gasteiger partial charge < -0.3 is 15.2 Å². The van der Waals surface area contributed by atoms with Crippen molar-refractivity contribution in [1.29, 1.82) is 0 Å². The fraction of sp³-hybridized carbons (Fsp3) is 0.773. The highest BCUT2D eigenvalue weighted by molar-refractivity contribution is 5.69. The van der Waals surface area contributed by atoms with Crippen molar-refractivity contribution in [2.75, 3.05) is 6.54 Å². The number of hydrogen-bond acceptors (Lipinski definition) is 3. The van der Waals surface area contributed by atoms with Gasteiger partial charge in [0.15, 0.2) is 0 Å². The Morgan fingerprint density at radius 2 is 1.85 bits per heavy atom. The molecule has 5 aliphatic carbocycles. The highest BCUT2D eigenvalue weighted by Gasteiger charge is 3.15. The Morgan fingerprint density at radius 1 is 1.23 bits per heavy atom. The van der Waals surface area contributed by atoms with E-state index in [0.717, 1.165) is 25.2 Å². The molecule has 5 aliphatic rings. The molecule has 5 rings (SSSR count). The maximum Gasteiger partial charge on any atom is 0.407 e. The molecule has 1 amide bonds. The molecule has 26 heavy (non-hydrogen) atoms. The van der Waals surface area contributed by atoms with Crippen molar-refractivity contribution in [2.24, 2.45) is 39.4 Å². The molecular weight excluding hydrogens is 326 g/mol. The molecule has 0 aromatic carbocycles. The maximum absolute atomic E-state index is 12.5. The zero-order chi connectivity index (χ0) is 18.8. The largest absolute Gasteiger partial charge is 0.446 e. The monoisotopic (exact) mass is 357 g/mol. The molecule has 4 nitrogen and oxygen atoms in total. The molecule has 0 aromatic heterocycles. The van der Waals surface area contributed by atoms with Crippen molar-refractivity contribution in [3.05, 3.63) is 25.3 Å². The first-order valence-corrected chi connectivity index (χ1v) is 10.1. The van der Waals surface area contributed by atoms with E-state index in [9.17, 15) is 9.90 Å². The zero-order valence-electron chi connectivity index (χ0n) is 16.2. The molecule has 4 heteroatoms. The summed E-state index contributed by atoms with van der Waals surface area (Å²) in [5, 5.41) is 13.9. The molecule has 0 bridgehead atoms. The van der Waals surface area contributed by atoms with Crippen LogP contribution in [-0.4, -0.2) is 29.4 Å². The van der Waals surface area contributed by atoms with Gasteiger partial charge in [-0.15, -0.1) is 13.2 Å². The molecular formula is C22H31NO3. The van der Waals surface area contributed by atoms with Gasteiger partial charge in [-0.25, -0.2) is 4.79 Å². The first-order valence-electron chi connectivity index (χ1n) is 10.1. The third-order valence-electron chi connectivity index (χ3n) is 10.3. The standard InChI is InChI=1S/C22H31NO3/c1-6-13-8-9-14(7-2)21(13,25)12-23-17(24)26-16-10-15-11-18(3)20(5)19(16,4)22(15,18)20/h6-7,13-16,25H,1-2,8-12H2,3-5H3,(H,23,24). The second-order valence-corrected chi connectivity index (χ2v) is 10.1. The van der Waals surface area contributed by atoms with E-state index in [4.69, 9.17) is 4.74 Å². The Kier molecular flexibility index (Phi) is 2.85. The van der Waals surface area contributed by atoms with Crippen molar-refractivity contribution in [3.63, 3.8) is 0 Å². The number of ether oxygens (including phenoxy) is 1. The van der Waals surface area contributed by atoms with Crippen LogP contribution in [0, 0.1) is 39.4 Å². The third-order valence-corrected chi connectivity index (χ3v) is 10.3. The molecule has 142 valence electrons. The molecule has 2 N–H and O–H groups in total. The zero-order valence-corrected chi connectivity index (χ0v) is 16.2. The first kappa shape index (κ1) is 16.9. The van der Waals surface area contributed by atoms with Crippen molar-refractivity contribution < 1.29 is 14.6 Å². The highest BCUT2D eigenvalue weighted by atomic mass is 16.6. The lowest BCUT2D eigenvalue weighted by molar-refractivity contribution is -0.0248. The summed E-state index contributed by atoms with van der Waals surface area (Å²) < 4.78 is 5.90. The van der Waals surface area contributed by atoms with E-state index >= 15 is 0 Å². The lowest BCUT2D eigenvalue weighted by Crippen LogP contribution is -2.50. The minimum Gasteiger partial charge on any atom is -0.446 e. The van der Waals surface area contributed by atoms with Crippen LogP contribution in [0.5, 0.6) is 0 Å². The van der Waals surface area contributed by atoms with Crippen LogP contribution in [0.25, 0.3) is 0 Å². The van der Waals surface area contributed by atoms with E-state index in [0.29, 0.717) is 16.2 Å². The SMILES string of the molecule is C=CC1CCC(C=C)C1(O)CNC(=O)OC1CC2CC3(C)C4(C)C1(C)C234. The average molecular weight is 357 g/mol. The minimum absolute atomic E-state index is 0.0108. The lowest BCUT2D eigenvalue weighted by atomic mass is 9.59. The fourth-order valence-corrected chi connectivity index (χ4v) is 9.16. The summed E-state index contributed by atoms with van der Waals surface area (Å²) in [5.41, 5.74) is 0.468. The smallest absolute Gasteiger partial charge is 0.407 e. The van der Waals surface area contributed by atoms with Crippen molar-refractivity contribution >= 4 is 6.09 Å². The number of aliphatic hydroxyl groups is 1. The number of carbonyl (C=O) groups excluding carboxylic acids is 1. The molecule has 0 aliphatic heterocycles. The maximum atomic E-state index is 12.5. The van der Waals surface area contributed by atoms with Crippen LogP contribution in [-0.2, 0) is 4.74 Å². The first-order chi connectivity index (χ1) is 12.2. The number of nitrogens with one attached hydrogen (secondary N) is 1. The van der Waals surface area contributed by atoms with Crippen molar-refractivity contribution in [3.8, 4) is 0 Å². The molecule has 8 unspecified atom stereocenters. The molecule has 5 fully saturated rings. The van der Waals surface area contributed by atoms with Crippen LogP contribution in [0.2, 0.25) is 0 Å². The summed E-state index contributed by atoms with van der Waals surface area (Å²) in [6.07, 6.45) is 7.25. The van der Waals surface area contributed by atoms with Gasteiger partial charge in [0.1, 0.15) is 6.10 Å². The second kappa shape index (κ2) is 4.40. The number of fused-ring (bicyclic) bond motifs is 2. The van der Waals surface area contributed by atoms with Crippen molar-refractivity contribution in [1.82, 2.24) is 5.32 Å². The summed E-state index contributed by atoms with van der Waals surface area (Å²) in [5.74, 6) is 0.676. The Morgan fingerprint density at radius 3 is 2.31 bits per heavy atom. The Balaban J connectivity index is 1.23. The normalized spacial score (nSPS) is 60.3. The summed E-state index contributed by atoms with van der Waals surface area (Å²) in [6, 6.07) is 0. The molecule has 0 aromatic rings. The van der Waals surface area contributed by atoms with Gasteiger partial charge in [-0.2, -0.15) is 0 Å². The molecule has 5 saturated carbocycles. The van der Waals surface area contributed by atoms with Crippen LogP contribution in [0.15, 0.2) is 25.3 Å². The summed E-state index contributed by atoms with van der Waals surface area (Å²) in [4.78, 5) is 12.5. The topological polar surface area (TPSA) is 58.6 Å². The van der Waals surface area contributed by atoms with Crippen LogP contribution in [0.1, 0.15) is 46.5 Å². The van der Waals surface area contributed by atoms with E-state index < -0.39 is 11.7 Å². The summed E-state index contributed by atoms with van der Waals surface area (Å²) in [7, 11) is 0. The van der Waals surface area contributed by atoms with E-state index in [-0.39, 0.29) is 29.9 Å². The van der Waals surface area contributed by atoms with Crippen LogP contribution in [0.4, 0.5) is 4.79 Å². The number of rotatable bonds is 5. The second-order valence-electron chi connectivity index (χ2n) is 10.1. The Hall–Kier alpha value is -1.29. The summed E-state index contributed by atoms with van der Waals surface area (Å²) in [6.45, 7) is 15.0. The van der Waals surface area contributed by atoms with Crippen LogP contribution >= 0.6 is 0 Å². The lowest BCUT2D eigenvalue weighted by Gasteiger charge is -2.45. The molecule has 0 heterocycles. The molecule has 1 spiro atoms. The fourth-order valence-electron chi connectivity index (χ4n) is 9.16. The average Bonchev–Trinajstić information content (AvgIpc) is 3.07. The Labute approximate surface area is 156 Å². The van der Waals surface area contributed by atoms with Gasteiger partial charge in [0.05, 0.1) is 12.1 Å². The predicted octanol–water partition coefficient (Wildman–Crippen LogP) is 3.67. The van der Waals surface area contributed by atoms with Crippen molar-refractivity contribution in [2.45, 2.75) is 58.2 Å². The Bertz CT molecular complexity index is 717. The number of alkyl carbamates (subject to hydrolysis) is 1. The van der Waals surface area contributed by atoms with Gasteiger partial charge in [0.2, 0.25) is 0 Å². The number of hydrogen-bond donors (Lipinski definition) is 2. The van der Waals surface area contributed by atoms with E-state index in [2.05, 4.69) is 39.2 Å². The van der Waals surface area contributed by atoms with E-state index in [1.54, 1.807) is 12.2 Å². The number of amides is 1. The van der Waals surface area contributed by atoms with Gasteiger partial charge in [0.25, 0.3) is 0 Å². The van der Waals surface area contributed by atoms with Gasteiger partial charge in [-0.1, -0.05) is 32.9 Å².